The Morgan fingerprint density at radius 3 is 2.67 bits per heavy atom. The van der Waals surface area contributed by atoms with Gasteiger partial charge in [0.15, 0.2) is 0 Å². The molecule has 2 aromatic carbocycles. The average molecular weight is 307 g/mol. The second-order valence-corrected chi connectivity index (χ2v) is 5.12. The molecule has 0 saturated heterocycles. The number of anilines is 1. The van der Waals surface area contributed by atoms with Gasteiger partial charge in [0.25, 0.3) is 5.91 Å². The summed E-state index contributed by atoms with van der Waals surface area (Å²) in [4.78, 5) is 13.7. The number of nitrogens with zero attached hydrogens (tertiary/aromatic N) is 1. The molecule has 1 amide bonds. The number of aromatic hydroxyl groups is 2. The van der Waals surface area contributed by atoms with Gasteiger partial charge in [-0.3, -0.25) is 4.79 Å². The predicted molar refractivity (Wildman–Crippen MR) is 81.4 cm³/mol. The first kappa shape index (κ1) is 15.0. The monoisotopic (exact) mass is 306 g/mol. The van der Waals surface area contributed by atoms with Crippen molar-refractivity contribution in [1.82, 2.24) is 4.90 Å². The van der Waals surface area contributed by atoms with Crippen molar-refractivity contribution in [3.8, 4) is 11.5 Å². The van der Waals surface area contributed by atoms with E-state index in [0.29, 0.717) is 16.3 Å². The molecule has 4 N–H and O–H groups in total. The lowest BCUT2D eigenvalue weighted by molar-refractivity contribution is 0.0781. The summed E-state index contributed by atoms with van der Waals surface area (Å²) in [5.41, 5.74) is 6.98. The maximum atomic E-state index is 12.3. The van der Waals surface area contributed by atoms with E-state index >= 15 is 0 Å². The zero-order chi connectivity index (χ0) is 15.6. The second-order valence-electron chi connectivity index (χ2n) is 4.71. The van der Waals surface area contributed by atoms with Gasteiger partial charge in [-0.15, -0.1) is 0 Å². The van der Waals surface area contributed by atoms with Gasteiger partial charge in [0.05, 0.1) is 5.56 Å². The molecule has 0 aliphatic rings. The number of hydrogen-bond acceptors (Lipinski definition) is 4. The molecule has 0 unspecified atom stereocenters. The van der Waals surface area contributed by atoms with Gasteiger partial charge in [-0.2, -0.15) is 0 Å². The Balaban J connectivity index is 2.23. The quantitative estimate of drug-likeness (QED) is 0.601. The number of nitrogens with two attached hydrogens (primary N) is 1. The van der Waals surface area contributed by atoms with Crippen LogP contribution in [0.25, 0.3) is 0 Å². The van der Waals surface area contributed by atoms with Crippen LogP contribution in [0, 0.1) is 0 Å². The first-order valence-electron chi connectivity index (χ1n) is 6.20. The van der Waals surface area contributed by atoms with E-state index in [0.717, 1.165) is 0 Å². The first-order chi connectivity index (χ1) is 9.88. The fraction of sp³-hybridized carbons (Fsp3) is 0.133. The molecule has 0 fully saturated rings. The molecule has 0 aliphatic heterocycles. The van der Waals surface area contributed by atoms with Crippen LogP contribution in [0.2, 0.25) is 5.02 Å². The standard InChI is InChI=1S/C15H15ClN2O3/c1-18(8-9-6-10(17)2-4-13(9)16)15(21)12-7-11(19)3-5-14(12)20/h2-7,19-20H,8,17H2,1H3. The van der Waals surface area contributed by atoms with Crippen LogP contribution < -0.4 is 5.73 Å². The Bertz CT molecular complexity index is 689. The molecule has 2 aromatic rings. The molecular formula is C15H15ClN2O3. The molecule has 0 radical (unpaired) electrons. The summed E-state index contributed by atoms with van der Waals surface area (Å²) in [6.07, 6.45) is 0. The highest BCUT2D eigenvalue weighted by Crippen LogP contribution is 2.25. The van der Waals surface area contributed by atoms with Crippen LogP contribution in [0.5, 0.6) is 11.5 Å². The van der Waals surface area contributed by atoms with Gasteiger partial charge in [0.2, 0.25) is 0 Å². The molecule has 0 bridgehead atoms. The van der Waals surface area contributed by atoms with Gasteiger partial charge < -0.3 is 20.8 Å². The highest BCUT2D eigenvalue weighted by molar-refractivity contribution is 6.31. The van der Waals surface area contributed by atoms with Crippen LogP contribution in [0.15, 0.2) is 36.4 Å². The molecule has 6 heteroatoms. The van der Waals surface area contributed by atoms with Crippen molar-refractivity contribution in [3.63, 3.8) is 0 Å². The second kappa shape index (κ2) is 5.93. The van der Waals surface area contributed by atoms with E-state index in [1.165, 1.54) is 23.1 Å². The van der Waals surface area contributed by atoms with Crippen LogP contribution in [0.3, 0.4) is 0 Å². The Morgan fingerprint density at radius 2 is 1.95 bits per heavy atom. The molecule has 0 aliphatic carbocycles. The Kier molecular flexibility index (Phi) is 4.23. The molecule has 0 aromatic heterocycles. The highest BCUT2D eigenvalue weighted by Gasteiger charge is 2.17. The van der Waals surface area contributed by atoms with Crippen molar-refractivity contribution in [2.24, 2.45) is 0 Å². The van der Waals surface area contributed by atoms with E-state index in [1.807, 2.05) is 0 Å². The molecule has 5 nitrogen and oxygen atoms in total. The number of halogens is 1. The Labute approximate surface area is 127 Å². The van der Waals surface area contributed by atoms with E-state index in [9.17, 15) is 15.0 Å². The number of rotatable bonds is 3. The zero-order valence-corrected chi connectivity index (χ0v) is 12.1. The minimum atomic E-state index is -0.429. The number of phenolic OH excluding ortho intramolecular Hbond substituents is 2. The third-order valence-electron chi connectivity index (χ3n) is 3.03. The van der Waals surface area contributed by atoms with Crippen molar-refractivity contribution in [1.29, 1.82) is 0 Å². The van der Waals surface area contributed by atoms with E-state index in [2.05, 4.69) is 0 Å². The number of hydrogen-bond donors (Lipinski definition) is 3. The topological polar surface area (TPSA) is 86.8 Å². The third-order valence-corrected chi connectivity index (χ3v) is 3.40. The van der Waals surface area contributed by atoms with Crippen molar-refractivity contribution in [3.05, 3.63) is 52.5 Å². The summed E-state index contributed by atoms with van der Waals surface area (Å²) in [5, 5.41) is 19.6. The maximum absolute atomic E-state index is 12.3. The number of carbonyl (C=O) groups is 1. The van der Waals surface area contributed by atoms with Crippen LogP contribution >= 0.6 is 11.6 Å². The molecule has 0 heterocycles. The van der Waals surface area contributed by atoms with Crippen molar-refractivity contribution in [2.75, 3.05) is 12.8 Å². The summed E-state index contributed by atoms with van der Waals surface area (Å²) in [6, 6.07) is 8.82. The minimum absolute atomic E-state index is 0.0255. The van der Waals surface area contributed by atoms with Gasteiger partial charge in [0, 0.05) is 24.3 Å². The van der Waals surface area contributed by atoms with Crippen molar-refractivity contribution < 1.29 is 15.0 Å². The normalized spacial score (nSPS) is 10.4. The largest absolute Gasteiger partial charge is 0.508 e. The smallest absolute Gasteiger partial charge is 0.257 e. The van der Waals surface area contributed by atoms with Crippen LogP contribution in [0.4, 0.5) is 5.69 Å². The molecule has 110 valence electrons. The molecule has 0 saturated carbocycles. The number of amides is 1. The average Bonchev–Trinajstić information content (AvgIpc) is 2.44. The lowest BCUT2D eigenvalue weighted by Gasteiger charge is -2.19. The van der Waals surface area contributed by atoms with Gasteiger partial charge >= 0.3 is 0 Å². The highest BCUT2D eigenvalue weighted by atomic mass is 35.5. The lowest BCUT2D eigenvalue weighted by Crippen LogP contribution is -2.26. The number of nitrogen functional groups attached to an aromatic ring is 1. The minimum Gasteiger partial charge on any atom is -0.508 e. The third kappa shape index (κ3) is 3.38. The van der Waals surface area contributed by atoms with Gasteiger partial charge in [-0.05, 0) is 42.0 Å². The van der Waals surface area contributed by atoms with Gasteiger partial charge in [-0.1, -0.05) is 11.6 Å². The fourth-order valence-corrected chi connectivity index (χ4v) is 2.12. The first-order valence-corrected chi connectivity index (χ1v) is 6.57. The van der Waals surface area contributed by atoms with E-state index in [1.54, 1.807) is 25.2 Å². The van der Waals surface area contributed by atoms with Gasteiger partial charge in [-0.25, -0.2) is 0 Å². The predicted octanol–water partition coefficient (Wildman–Crippen LogP) is 2.61. The van der Waals surface area contributed by atoms with Crippen LogP contribution in [-0.2, 0) is 6.54 Å². The molecular weight excluding hydrogens is 292 g/mol. The SMILES string of the molecule is CN(Cc1cc(N)ccc1Cl)C(=O)c1cc(O)ccc1O. The van der Waals surface area contributed by atoms with Crippen LogP contribution in [-0.4, -0.2) is 28.1 Å². The number of carbonyl (C=O) groups excluding carboxylic acids is 1. The summed E-state index contributed by atoms with van der Waals surface area (Å²) in [6.45, 7) is 0.234. The summed E-state index contributed by atoms with van der Waals surface area (Å²) < 4.78 is 0. The molecule has 2 rings (SSSR count). The molecule has 0 spiro atoms. The van der Waals surface area contributed by atoms with E-state index in [4.69, 9.17) is 17.3 Å². The van der Waals surface area contributed by atoms with Crippen molar-refractivity contribution in [2.45, 2.75) is 6.54 Å². The summed E-state index contributed by atoms with van der Waals surface area (Å²) in [7, 11) is 1.57. The van der Waals surface area contributed by atoms with E-state index < -0.39 is 5.91 Å². The van der Waals surface area contributed by atoms with Gasteiger partial charge in [0.1, 0.15) is 11.5 Å². The zero-order valence-electron chi connectivity index (χ0n) is 11.4. The van der Waals surface area contributed by atoms with Crippen LogP contribution in [0.1, 0.15) is 15.9 Å². The maximum Gasteiger partial charge on any atom is 0.257 e. The fourth-order valence-electron chi connectivity index (χ4n) is 1.94. The lowest BCUT2D eigenvalue weighted by atomic mass is 10.1. The summed E-state index contributed by atoms with van der Waals surface area (Å²) in [5.74, 6) is -0.711. The van der Waals surface area contributed by atoms with E-state index in [-0.39, 0.29) is 23.6 Å². The number of phenols is 2. The Hall–Kier alpha value is -2.40. The summed E-state index contributed by atoms with van der Waals surface area (Å²) >= 11 is 6.06. The molecule has 0 atom stereocenters. The molecule has 21 heavy (non-hydrogen) atoms. The Morgan fingerprint density at radius 1 is 1.24 bits per heavy atom. The van der Waals surface area contributed by atoms with Crippen molar-refractivity contribution >= 4 is 23.2 Å². The number of benzene rings is 2.